The molecule has 0 unspecified atom stereocenters. The first-order valence-corrected chi connectivity index (χ1v) is 8.24. The number of nitrogens with zero attached hydrogens (tertiary/aromatic N) is 1. The van der Waals surface area contributed by atoms with Crippen LogP contribution >= 0.6 is 11.3 Å². The number of aryl methyl sites for hydroxylation is 1. The Labute approximate surface area is 124 Å². The van der Waals surface area contributed by atoms with E-state index in [9.17, 15) is 4.79 Å². The van der Waals surface area contributed by atoms with Gasteiger partial charge in [-0.15, -0.1) is 11.3 Å². The monoisotopic (exact) mass is 296 g/mol. The van der Waals surface area contributed by atoms with Gasteiger partial charge >= 0.3 is 5.97 Å². The lowest BCUT2D eigenvalue weighted by Gasteiger charge is -2.33. The number of carbonyl (C=O) groups is 1. The number of aromatic nitrogens is 1. The molecule has 1 aromatic heterocycles. The fourth-order valence-corrected chi connectivity index (χ4v) is 3.53. The van der Waals surface area contributed by atoms with Crippen LogP contribution in [0.3, 0.4) is 0 Å². The Kier molecular flexibility index (Phi) is 5.02. The SMILES string of the molecule is CCOC(=O)c1nc(NCC2(C)CCCCC2)sc1C. The van der Waals surface area contributed by atoms with Gasteiger partial charge < -0.3 is 10.1 Å². The summed E-state index contributed by atoms with van der Waals surface area (Å²) in [6.45, 7) is 7.38. The molecule has 1 aliphatic rings. The van der Waals surface area contributed by atoms with Gasteiger partial charge in [-0.25, -0.2) is 9.78 Å². The first kappa shape index (κ1) is 15.3. The first-order chi connectivity index (χ1) is 9.54. The summed E-state index contributed by atoms with van der Waals surface area (Å²) in [5.74, 6) is -0.321. The number of anilines is 1. The molecule has 20 heavy (non-hydrogen) atoms. The van der Waals surface area contributed by atoms with Gasteiger partial charge in [-0.3, -0.25) is 0 Å². The lowest BCUT2D eigenvalue weighted by molar-refractivity contribution is 0.0519. The number of esters is 1. The first-order valence-electron chi connectivity index (χ1n) is 7.42. The standard InChI is InChI=1S/C15H24N2O2S/c1-4-19-13(18)12-11(2)20-14(17-12)16-10-15(3)8-6-5-7-9-15/h4-10H2,1-3H3,(H,16,17). The third kappa shape index (κ3) is 3.72. The Balaban J connectivity index is 1.96. The minimum atomic E-state index is -0.321. The summed E-state index contributed by atoms with van der Waals surface area (Å²) >= 11 is 1.53. The van der Waals surface area contributed by atoms with Crippen molar-refractivity contribution < 1.29 is 9.53 Å². The average Bonchev–Trinajstić information content (AvgIpc) is 2.79. The molecule has 112 valence electrons. The number of hydrogen-bond donors (Lipinski definition) is 1. The van der Waals surface area contributed by atoms with Crippen LogP contribution in [0, 0.1) is 12.3 Å². The summed E-state index contributed by atoms with van der Waals surface area (Å²) in [5.41, 5.74) is 0.815. The molecule has 0 aliphatic heterocycles. The van der Waals surface area contributed by atoms with Crippen molar-refractivity contribution in [3.63, 3.8) is 0 Å². The molecule has 0 bridgehead atoms. The summed E-state index contributed by atoms with van der Waals surface area (Å²) in [4.78, 5) is 17.0. The van der Waals surface area contributed by atoms with E-state index in [2.05, 4.69) is 17.2 Å². The number of hydrogen-bond acceptors (Lipinski definition) is 5. The van der Waals surface area contributed by atoms with E-state index >= 15 is 0 Å². The van der Waals surface area contributed by atoms with Crippen LogP contribution in [-0.2, 0) is 4.74 Å². The smallest absolute Gasteiger partial charge is 0.358 e. The van der Waals surface area contributed by atoms with Crippen LogP contribution in [-0.4, -0.2) is 24.1 Å². The number of thiazole rings is 1. The summed E-state index contributed by atoms with van der Waals surface area (Å²) in [6.07, 6.45) is 6.55. The van der Waals surface area contributed by atoms with Gasteiger partial charge in [-0.05, 0) is 32.1 Å². The predicted octanol–water partition coefficient (Wildman–Crippen LogP) is 4.01. The van der Waals surface area contributed by atoms with Crippen LogP contribution in [0.25, 0.3) is 0 Å². The van der Waals surface area contributed by atoms with E-state index in [4.69, 9.17) is 4.74 Å². The van der Waals surface area contributed by atoms with Crippen LogP contribution in [0.15, 0.2) is 0 Å². The van der Waals surface area contributed by atoms with Crippen molar-refractivity contribution in [2.24, 2.45) is 5.41 Å². The second-order valence-electron chi connectivity index (χ2n) is 5.87. The number of ether oxygens (including phenoxy) is 1. The molecular formula is C15H24N2O2S. The maximum Gasteiger partial charge on any atom is 0.358 e. The molecule has 4 nitrogen and oxygen atoms in total. The Morgan fingerprint density at radius 3 is 2.75 bits per heavy atom. The highest BCUT2D eigenvalue weighted by Crippen LogP contribution is 2.36. The van der Waals surface area contributed by atoms with Crippen LogP contribution in [0.4, 0.5) is 5.13 Å². The molecule has 2 rings (SSSR count). The molecule has 1 aromatic rings. The normalized spacial score (nSPS) is 17.8. The Morgan fingerprint density at radius 2 is 2.10 bits per heavy atom. The molecule has 5 heteroatoms. The Morgan fingerprint density at radius 1 is 1.40 bits per heavy atom. The predicted molar refractivity (Wildman–Crippen MR) is 82.5 cm³/mol. The maximum atomic E-state index is 11.7. The van der Waals surface area contributed by atoms with E-state index in [1.807, 2.05) is 13.8 Å². The van der Waals surface area contributed by atoms with Crippen LogP contribution in [0.1, 0.15) is 61.3 Å². The molecule has 0 spiro atoms. The Bertz CT molecular complexity index is 464. The van der Waals surface area contributed by atoms with Gasteiger partial charge in [-0.2, -0.15) is 0 Å². The van der Waals surface area contributed by atoms with Gasteiger partial charge in [0.1, 0.15) is 0 Å². The maximum absolute atomic E-state index is 11.7. The average molecular weight is 296 g/mol. The third-order valence-corrected chi connectivity index (χ3v) is 4.92. The molecule has 1 aliphatic carbocycles. The van der Waals surface area contributed by atoms with Gasteiger partial charge in [0.15, 0.2) is 10.8 Å². The lowest BCUT2D eigenvalue weighted by atomic mass is 9.76. The highest BCUT2D eigenvalue weighted by atomic mass is 32.1. The van der Waals surface area contributed by atoms with Crippen molar-refractivity contribution in [3.8, 4) is 0 Å². The van der Waals surface area contributed by atoms with Crippen LogP contribution in [0.5, 0.6) is 0 Å². The van der Waals surface area contributed by atoms with E-state index in [1.165, 1.54) is 43.4 Å². The molecule has 0 radical (unpaired) electrons. The number of rotatable bonds is 5. The zero-order valence-electron chi connectivity index (χ0n) is 12.6. The van der Waals surface area contributed by atoms with Gasteiger partial charge in [0.05, 0.1) is 6.61 Å². The molecule has 1 heterocycles. The summed E-state index contributed by atoms with van der Waals surface area (Å²) < 4.78 is 5.01. The zero-order valence-corrected chi connectivity index (χ0v) is 13.4. The van der Waals surface area contributed by atoms with E-state index in [1.54, 1.807) is 0 Å². The number of nitrogens with one attached hydrogen (secondary N) is 1. The van der Waals surface area contributed by atoms with E-state index < -0.39 is 0 Å². The molecule has 1 N–H and O–H groups in total. The minimum Gasteiger partial charge on any atom is -0.461 e. The van der Waals surface area contributed by atoms with Crippen molar-refractivity contribution in [3.05, 3.63) is 10.6 Å². The molecule has 1 fully saturated rings. The molecule has 0 atom stereocenters. The second-order valence-corrected chi connectivity index (χ2v) is 7.07. The molecular weight excluding hydrogens is 272 g/mol. The third-order valence-electron chi connectivity index (χ3n) is 3.99. The van der Waals surface area contributed by atoms with Crippen LogP contribution in [0.2, 0.25) is 0 Å². The minimum absolute atomic E-state index is 0.321. The van der Waals surface area contributed by atoms with Crippen molar-refractivity contribution in [1.82, 2.24) is 4.98 Å². The summed E-state index contributed by atoms with van der Waals surface area (Å²) in [6, 6.07) is 0. The van der Waals surface area contributed by atoms with Gasteiger partial charge in [-0.1, -0.05) is 26.2 Å². The van der Waals surface area contributed by atoms with Gasteiger partial charge in [0.25, 0.3) is 0 Å². The second kappa shape index (κ2) is 6.57. The largest absolute Gasteiger partial charge is 0.461 e. The fraction of sp³-hybridized carbons (Fsp3) is 0.733. The van der Waals surface area contributed by atoms with Gasteiger partial charge in [0, 0.05) is 11.4 Å². The number of carbonyl (C=O) groups excluding carboxylic acids is 1. The van der Waals surface area contributed by atoms with Crippen molar-refractivity contribution in [2.45, 2.75) is 52.9 Å². The highest BCUT2D eigenvalue weighted by Gasteiger charge is 2.27. The van der Waals surface area contributed by atoms with Crippen molar-refractivity contribution in [1.29, 1.82) is 0 Å². The van der Waals surface area contributed by atoms with Crippen molar-refractivity contribution in [2.75, 3.05) is 18.5 Å². The van der Waals surface area contributed by atoms with Gasteiger partial charge in [0.2, 0.25) is 0 Å². The Hall–Kier alpha value is -1.10. The lowest BCUT2D eigenvalue weighted by Crippen LogP contribution is -2.28. The zero-order chi connectivity index (χ0) is 14.6. The quantitative estimate of drug-likeness (QED) is 0.834. The summed E-state index contributed by atoms with van der Waals surface area (Å²) in [7, 11) is 0. The van der Waals surface area contributed by atoms with E-state index in [0.717, 1.165) is 16.6 Å². The topological polar surface area (TPSA) is 51.2 Å². The van der Waals surface area contributed by atoms with Crippen molar-refractivity contribution >= 4 is 22.4 Å². The molecule has 1 saturated carbocycles. The van der Waals surface area contributed by atoms with E-state index in [-0.39, 0.29) is 5.97 Å². The summed E-state index contributed by atoms with van der Waals surface area (Å²) in [5, 5.41) is 4.24. The van der Waals surface area contributed by atoms with E-state index in [0.29, 0.717) is 17.7 Å². The molecule has 0 aromatic carbocycles. The molecule has 0 saturated heterocycles. The fourth-order valence-electron chi connectivity index (χ4n) is 2.73. The highest BCUT2D eigenvalue weighted by molar-refractivity contribution is 7.15. The molecule has 0 amide bonds. The van der Waals surface area contributed by atoms with Crippen LogP contribution < -0.4 is 5.32 Å².